The summed E-state index contributed by atoms with van der Waals surface area (Å²) in [6.07, 6.45) is 3.09. The highest BCUT2D eigenvalue weighted by molar-refractivity contribution is 5.93. The summed E-state index contributed by atoms with van der Waals surface area (Å²) in [5.41, 5.74) is 5.82. The fourth-order valence-corrected chi connectivity index (χ4v) is 1.22. The molecule has 1 heterocycles. The van der Waals surface area contributed by atoms with E-state index in [1.807, 2.05) is 0 Å². The number of rotatable bonds is 6. The molecule has 0 amide bonds. The molecule has 0 saturated heterocycles. The summed E-state index contributed by atoms with van der Waals surface area (Å²) in [6, 6.07) is 0. The summed E-state index contributed by atoms with van der Waals surface area (Å²) in [6.45, 7) is 5.30. The smallest absolute Gasteiger partial charge is 0.184 e. The molecule has 2 N–H and O–H groups in total. The van der Waals surface area contributed by atoms with Crippen molar-refractivity contribution in [3.05, 3.63) is 11.9 Å². The van der Waals surface area contributed by atoms with Gasteiger partial charge in [0.25, 0.3) is 0 Å². The van der Waals surface area contributed by atoms with E-state index in [9.17, 15) is 4.79 Å². The molecule has 1 aromatic rings. The zero-order valence-corrected chi connectivity index (χ0v) is 9.31. The number of hydrogen-bond donors (Lipinski definition) is 1. The van der Waals surface area contributed by atoms with Gasteiger partial charge in [-0.1, -0.05) is 19.1 Å². The normalized spacial score (nSPS) is 10.9. The second-order valence-corrected chi connectivity index (χ2v) is 4.01. The van der Waals surface area contributed by atoms with E-state index in [0.29, 0.717) is 31.1 Å². The predicted octanol–water partition coefficient (Wildman–Crippen LogP) is 0.856. The van der Waals surface area contributed by atoms with Crippen molar-refractivity contribution in [1.29, 1.82) is 0 Å². The van der Waals surface area contributed by atoms with Crippen molar-refractivity contribution in [2.75, 3.05) is 6.54 Å². The van der Waals surface area contributed by atoms with Gasteiger partial charge in [0.05, 0.1) is 12.7 Å². The molecule has 5 heteroatoms. The Balaban J connectivity index is 2.50. The highest BCUT2D eigenvalue weighted by atomic mass is 16.1. The summed E-state index contributed by atoms with van der Waals surface area (Å²) in [5, 5.41) is 7.64. The second kappa shape index (κ2) is 5.60. The van der Waals surface area contributed by atoms with E-state index in [4.69, 9.17) is 5.73 Å². The summed E-state index contributed by atoms with van der Waals surface area (Å²) in [7, 11) is 0. The number of carbonyl (C=O) groups excluding carboxylic acids is 1. The highest BCUT2D eigenvalue weighted by Crippen LogP contribution is 2.07. The van der Waals surface area contributed by atoms with E-state index in [0.717, 1.165) is 6.42 Å². The highest BCUT2D eigenvalue weighted by Gasteiger charge is 2.10. The summed E-state index contributed by atoms with van der Waals surface area (Å²) in [5.74, 6) is 0.597. The lowest BCUT2D eigenvalue weighted by Gasteiger charge is -2.00. The van der Waals surface area contributed by atoms with E-state index in [2.05, 4.69) is 24.2 Å². The Morgan fingerprint density at radius 1 is 1.60 bits per heavy atom. The van der Waals surface area contributed by atoms with Crippen LogP contribution in [0.1, 0.15) is 37.2 Å². The minimum absolute atomic E-state index is 0.0620. The molecule has 0 spiro atoms. The van der Waals surface area contributed by atoms with Gasteiger partial charge in [0, 0.05) is 13.0 Å². The number of nitrogens with two attached hydrogens (primary N) is 1. The van der Waals surface area contributed by atoms with E-state index in [1.165, 1.54) is 0 Å². The molecule has 0 bridgehead atoms. The first-order chi connectivity index (χ1) is 7.13. The van der Waals surface area contributed by atoms with E-state index in [1.54, 1.807) is 10.9 Å². The van der Waals surface area contributed by atoms with Crippen LogP contribution in [0.4, 0.5) is 0 Å². The van der Waals surface area contributed by atoms with Crippen LogP contribution in [0.15, 0.2) is 6.20 Å². The number of ketones is 1. The van der Waals surface area contributed by atoms with Crippen LogP contribution in [-0.2, 0) is 6.54 Å². The van der Waals surface area contributed by atoms with Crippen LogP contribution in [0, 0.1) is 5.92 Å². The molecule has 0 saturated carbocycles. The maximum Gasteiger partial charge on any atom is 0.184 e. The van der Waals surface area contributed by atoms with E-state index in [-0.39, 0.29) is 5.78 Å². The molecule has 0 aromatic carbocycles. The molecular formula is C10H18N4O. The third-order valence-corrected chi connectivity index (χ3v) is 2.13. The van der Waals surface area contributed by atoms with Crippen molar-refractivity contribution >= 4 is 5.78 Å². The lowest BCUT2D eigenvalue weighted by Crippen LogP contribution is -2.10. The molecule has 0 fully saturated rings. The summed E-state index contributed by atoms with van der Waals surface area (Å²) < 4.78 is 1.60. The quantitative estimate of drug-likeness (QED) is 0.706. The van der Waals surface area contributed by atoms with Gasteiger partial charge < -0.3 is 5.73 Å². The molecule has 1 aromatic heterocycles. The fourth-order valence-electron chi connectivity index (χ4n) is 1.22. The Bertz CT molecular complexity index is 319. The van der Waals surface area contributed by atoms with Crippen LogP contribution in [0.5, 0.6) is 0 Å². The minimum Gasteiger partial charge on any atom is -0.329 e. The molecule has 15 heavy (non-hydrogen) atoms. The summed E-state index contributed by atoms with van der Waals surface area (Å²) >= 11 is 0. The van der Waals surface area contributed by atoms with Gasteiger partial charge in [-0.25, -0.2) is 0 Å². The number of nitrogens with zero attached hydrogens (tertiary/aromatic N) is 3. The average Bonchev–Trinajstić information content (AvgIpc) is 2.63. The lowest BCUT2D eigenvalue weighted by atomic mass is 10.0. The first kappa shape index (κ1) is 11.8. The van der Waals surface area contributed by atoms with Gasteiger partial charge in [0.15, 0.2) is 5.78 Å². The number of carbonyl (C=O) groups is 1. The fraction of sp³-hybridized carbons (Fsp3) is 0.700. The monoisotopic (exact) mass is 210 g/mol. The average molecular weight is 210 g/mol. The zero-order chi connectivity index (χ0) is 11.3. The molecular weight excluding hydrogens is 192 g/mol. The largest absolute Gasteiger partial charge is 0.329 e. The third kappa shape index (κ3) is 3.79. The molecule has 0 aliphatic rings. The maximum atomic E-state index is 11.6. The van der Waals surface area contributed by atoms with Gasteiger partial charge in [-0.3, -0.25) is 9.48 Å². The van der Waals surface area contributed by atoms with Gasteiger partial charge >= 0.3 is 0 Å². The Morgan fingerprint density at radius 3 is 2.93 bits per heavy atom. The van der Waals surface area contributed by atoms with Gasteiger partial charge in [-0.05, 0) is 12.3 Å². The maximum absolute atomic E-state index is 11.6. The van der Waals surface area contributed by atoms with Crippen LogP contribution in [0.25, 0.3) is 0 Å². The van der Waals surface area contributed by atoms with Crippen molar-refractivity contribution in [2.24, 2.45) is 11.7 Å². The Morgan fingerprint density at radius 2 is 2.33 bits per heavy atom. The minimum atomic E-state index is 0.0620. The van der Waals surface area contributed by atoms with E-state index >= 15 is 0 Å². The van der Waals surface area contributed by atoms with Crippen molar-refractivity contribution in [3.63, 3.8) is 0 Å². The topological polar surface area (TPSA) is 73.8 Å². The first-order valence-electron chi connectivity index (χ1n) is 5.27. The Hall–Kier alpha value is -1.23. The number of hydrogen-bond acceptors (Lipinski definition) is 4. The Labute approximate surface area is 89.6 Å². The van der Waals surface area contributed by atoms with Crippen molar-refractivity contribution < 1.29 is 4.79 Å². The molecule has 0 aliphatic heterocycles. The predicted molar refractivity (Wildman–Crippen MR) is 57.5 cm³/mol. The second-order valence-electron chi connectivity index (χ2n) is 4.01. The molecule has 0 atom stereocenters. The lowest BCUT2D eigenvalue weighted by molar-refractivity contribution is 0.0970. The van der Waals surface area contributed by atoms with Crippen LogP contribution >= 0.6 is 0 Å². The number of Topliss-reactive ketones (excluding diaryl/α,β-unsaturated/α-hetero) is 1. The van der Waals surface area contributed by atoms with Crippen molar-refractivity contribution in [1.82, 2.24) is 15.0 Å². The van der Waals surface area contributed by atoms with Crippen LogP contribution in [0.3, 0.4) is 0 Å². The van der Waals surface area contributed by atoms with Crippen LogP contribution in [0.2, 0.25) is 0 Å². The molecule has 0 radical (unpaired) electrons. The molecule has 0 aliphatic carbocycles. The number of aromatic nitrogens is 3. The van der Waals surface area contributed by atoms with Gasteiger partial charge in [0.1, 0.15) is 5.69 Å². The zero-order valence-electron chi connectivity index (χ0n) is 9.31. The summed E-state index contributed by atoms with van der Waals surface area (Å²) in [4.78, 5) is 11.6. The van der Waals surface area contributed by atoms with Crippen LogP contribution < -0.4 is 5.73 Å². The van der Waals surface area contributed by atoms with E-state index < -0.39 is 0 Å². The molecule has 1 rings (SSSR count). The van der Waals surface area contributed by atoms with Gasteiger partial charge in [0.2, 0.25) is 0 Å². The standard InChI is InChI=1S/C10H18N4O/c1-8(2)3-4-10(15)9-7-14(6-5-11)13-12-9/h7-8H,3-6,11H2,1-2H3. The van der Waals surface area contributed by atoms with Gasteiger partial charge in [-0.2, -0.15) is 0 Å². The third-order valence-electron chi connectivity index (χ3n) is 2.13. The molecule has 84 valence electrons. The molecule has 0 unspecified atom stereocenters. The Kier molecular flexibility index (Phi) is 4.42. The van der Waals surface area contributed by atoms with Crippen LogP contribution in [-0.4, -0.2) is 27.3 Å². The van der Waals surface area contributed by atoms with Crippen molar-refractivity contribution in [2.45, 2.75) is 33.2 Å². The van der Waals surface area contributed by atoms with Crippen molar-refractivity contribution in [3.8, 4) is 0 Å². The first-order valence-corrected chi connectivity index (χ1v) is 5.27. The van der Waals surface area contributed by atoms with Gasteiger partial charge in [-0.15, -0.1) is 5.10 Å². The molecule has 5 nitrogen and oxygen atoms in total. The SMILES string of the molecule is CC(C)CCC(=O)c1cn(CCN)nn1.